The summed E-state index contributed by atoms with van der Waals surface area (Å²) < 4.78 is 38.6. The summed E-state index contributed by atoms with van der Waals surface area (Å²) in [7, 11) is 1.77. The van der Waals surface area contributed by atoms with E-state index in [-0.39, 0.29) is 0 Å². The molecule has 142 valence electrons. The van der Waals surface area contributed by atoms with E-state index in [1.165, 1.54) is 6.20 Å². The minimum Gasteiger partial charge on any atom is -0.359 e. The van der Waals surface area contributed by atoms with Crippen LogP contribution in [0.25, 0.3) is 0 Å². The van der Waals surface area contributed by atoms with Crippen molar-refractivity contribution in [2.75, 3.05) is 36.5 Å². The SMILES string of the molecule is CN(CC1CCN(c2ccc(C#N)cn2)CC1)c1cc(C(F)(F)F)ccn1. The quantitative estimate of drug-likeness (QED) is 0.815. The molecule has 0 amide bonds. The van der Waals surface area contributed by atoms with Gasteiger partial charge in [-0.1, -0.05) is 0 Å². The summed E-state index contributed by atoms with van der Waals surface area (Å²) in [5, 5.41) is 8.84. The fourth-order valence-electron chi connectivity index (χ4n) is 3.27. The van der Waals surface area contributed by atoms with Crippen molar-refractivity contribution in [3.05, 3.63) is 47.8 Å². The zero-order valence-electron chi connectivity index (χ0n) is 14.9. The number of hydrogen-bond donors (Lipinski definition) is 0. The fraction of sp³-hybridized carbons (Fsp3) is 0.421. The second-order valence-corrected chi connectivity index (χ2v) is 6.73. The van der Waals surface area contributed by atoms with Crippen LogP contribution in [0.2, 0.25) is 0 Å². The molecule has 1 aliphatic rings. The smallest absolute Gasteiger partial charge is 0.359 e. The van der Waals surface area contributed by atoms with E-state index in [1.807, 2.05) is 6.07 Å². The van der Waals surface area contributed by atoms with Crippen LogP contribution in [0.5, 0.6) is 0 Å². The predicted octanol–water partition coefficient (Wildman–Crippen LogP) is 3.72. The molecule has 0 N–H and O–H groups in total. The van der Waals surface area contributed by atoms with Gasteiger partial charge < -0.3 is 9.80 Å². The number of anilines is 2. The third kappa shape index (κ3) is 4.67. The zero-order valence-corrected chi connectivity index (χ0v) is 14.9. The van der Waals surface area contributed by atoms with Gasteiger partial charge in [0.15, 0.2) is 0 Å². The van der Waals surface area contributed by atoms with Crippen molar-refractivity contribution in [3.8, 4) is 6.07 Å². The number of nitriles is 1. The molecule has 8 heteroatoms. The molecule has 0 atom stereocenters. The monoisotopic (exact) mass is 375 g/mol. The number of piperidine rings is 1. The summed E-state index contributed by atoms with van der Waals surface area (Å²) in [5.41, 5.74) is -0.148. The maximum absolute atomic E-state index is 12.9. The number of nitrogens with zero attached hydrogens (tertiary/aromatic N) is 5. The lowest BCUT2D eigenvalue weighted by Gasteiger charge is -2.34. The molecule has 0 bridgehead atoms. The van der Waals surface area contributed by atoms with Crippen LogP contribution in [0.1, 0.15) is 24.0 Å². The maximum Gasteiger partial charge on any atom is 0.416 e. The Labute approximate surface area is 156 Å². The lowest BCUT2D eigenvalue weighted by Crippen LogP contribution is -2.38. The van der Waals surface area contributed by atoms with Gasteiger partial charge in [-0.3, -0.25) is 0 Å². The third-order valence-corrected chi connectivity index (χ3v) is 4.81. The third-order valence-electron chi connectivity index (χ3n) is 4.81. The Balaban J connectivity index is 1.56. The summed E-state index contributed by atoms with van der Waals surface area (Å²) in [6.45, 7) is 2.31. The second kappa shape index (κ2) is 7.82. The van der Waals surface area contributed by atoms with Gasteiger partial charge in [-0.25, -0.2) is 9.97 Å². The zero-order chi connectivity index (χ0) is 19.4. The number of hydrogen-bond acceptors (Lipinski definition) is 5. The average molecular weight is 375 g/mol. The van der Waals surface area contributed by atoms with E-state index in [9.17, 15) is 13.2 Å². The van der Waals surface area contributed by atoms with Crippen LogP contribution in [0.3, 0.4) is 0 Å². The highest BCUT2D eigenvalue weighted by atomic mass is 19.4. The van der Waals surface area contributed by atoms with Crippen LogP contribution in [-0.2, 0) is 6.18 Å². The Morgan fingerprint density at radius 2 is 1.96 bits per heavy atom. The van der Waals surface area contributed by atoms with Gasteiger partial charge in [0.1, 0.15) is 17.7 Å². The van der Waals surface area contributed by atoms with Gasteiger partial charge in [0.05, 0.1) is 11.1 Å². The summed E-state index contributed by atoms with van der Waals surface area (Å²) in [6.07, 6.45) is 0.246. The van der Waals surface area contributed by atoms with Crippen LogP contribution in [-0.4, -0.2) is 36.6 Å². The molecule has 1 fully saturated rings. The largest absolute Gasteiger partial charge is 0.416 e. The van der Waals surface area contributed by atoms with Gasteiger partial charge in [-0.2, -0.15) is 18.4 Å². The van der Waals surface area contributed by atoms with Gasteiger partial charge in [0, 0.05) is 39.1 Å². The molecule has 0 spiro atoms. The molecular weight excluding hydrogens is 355 g/mol. The number of rotatable bonds is 4. The van der Waals surface area contributed by atoms with Crippen molar-refractivity contribution < 1.29 is 13.2 Å². The molecule has 1 saturated heterocycles. The molecule has 3 rings (SSSR count). The van der Waals surface area contributed by atoms with Crippen molar-refractivity contribution in [1.82, 2.24) is 9.97 Å². The van der Waals surface area contributed by atoms with Gasteiger partial charge >= 0.3 is 6.18 Å². The number of pyridine rings is 2. The highest BCUT2D eigenvalue weighted by Gasteiger charge is 2.31. The molecule has 3 heterocycles. The van der Waals surface area contributed by atoms with Crippen LogP contribution in [0.15, 0.2) is 36.7 Å². The predicted molar refractivity (Wildman–Crippen MR) is 96.4 cm³/mol. The first-order valence-corrected chi connectivity index (χ1v) is 8.72. The minimum atomic E-state index is -4.36. The van der Waals surface area contributed by atoms with Gasteiger partial charge in [-0.15, -0.1) is 0 Å². The molecule has 0 aliphatic carbocycles. The van der Waals surface area contributed by atoms with Crippen LogP contribution in [0, 0.1) is 17.2 Å². The van der Waals surface area contributed by atoms with Crippen molar-refractivity contribution in [2.45, 2.75) is 19.0 Å². The number of halogens is 3. The second-order valence-electron chi connectivity index (χ2n) is 6.73. The molecule has 27 heavy (non-hydrogen) atoms. The Morgan fingerprint density at radius 3 is 2.56 bits per heavy atom. The first-order valence-electron chi connectivity index (χ1n) is 8.72. The highest BCUT2D eigenvalue weighted by molar-refractivity contribution is 5.43. The minimum absolute atomic E-state index is 0.334. The summed E-state index contributed by atoms with van der Waals surface area (Å²) in [6, 6.07) is 7.73. The lowest BCUT2D eigenvalue weighted by atomic mass is 9.96. The first kappa shape index (κ1) is 19.0. The standard InChI is InChI=1S/C19H20F3N5/c1-26(18-10-16(4-7-24-18)19(20,21)22)13-14-5-8-27(9-6-14)17-3-2-15(11-23)12-25-17/h2-4,7,10,12,14H,5-6,8-9,13H2,1H3. The Kier molecular flexibility index (Phi) is 5.49. The van der Waals surface area contributed by atoms with Crippen LogP contribution >= 0.6 is 0 Å². The van der Waals surface area contributed by atoms with E-state index in [0.29, 0.717) is 23.8 Å². The average Bonchev–Trinajstić information content (AvgIpc) is 2.68. The van der Waals surface area contributed by atoms with E-state index >= 15 is 0 Å². The van der Waals surface area contributed by atoms with E-state index in [2.05, 4.69) is 20.9 Å². The molecule has 2 aromatic heterocycles. The Morgan fingerprint density at radius 1 is 1.22 bits per heavy atom. The fourth-order valence-corrected chi connectivity index (χ4v) is 3.27. The number of aromatic nitrogens is 2. The van der Waals surface area contributed by atoms with Gasteiger partial charge in [0.25, 0.3) is 0 Å². The highest BCUT2D eigenvalue weighted by Crippen LogP contribution is 2.31. The van der Waals surface area contributed by atoms with Crippen molar-refractivity contribution >= 4 is 11.6 Å². The molecule has 0 aromatic carbocycles. The molecule has 0 radical (unpaired) electrons. The Hall–Kier alpha value is -2.82. The lowest BCUT2D eigenvalue weighted by molar-refractivity contribution is -0.137. The molecule has 2 aromatic rings. The first-order chi connectivity index (χ1) is 12.9. The topological polar surface area (TPSA) is 56.0 Å². The normalized spacial score (nSPS) is 15.4. The Bertz CT molecular complexity index is 805. The summed E-state index contributed by atoms with van der Waals surface area (Å²) in [5.74, 6) is 1.56. The van der Waals surface area contributed by atoms with Crippen LogP contribution < -0.4 is 9.80 Å². The van der Waals surface area contributed by atoms with Crippen molar-refractivity contribution in [1.29, 1.82) is 5.26 Å². The van der Waals surface area contributed by atoms with Crippen molar-refractivity contribution in [2.24, 2.45) is 5.92 Å². The van der Waals surface area contributed by atoms with E-state index < -0.39 is 11.7 Å². The van der Waals surface area contributed by atoms with E-state index in [4.69, 9.17) is 5.26 Å². The van der Waals surface area contributed by atoms with Crippen LogP contribution in [0.4, 0.5) is 24.8 Å². The summed E-state index contributed by atoms with van der Waals surface area (Å²) >= 11 is 0. The van der Waals surface area contributed by atoms with E-state index in [0.717, 1.165) is 43.9 Å². The summed E-state index contributed by atoms with van der Waals surface area (Å²) in [4.78, 5) is 12.3. The van der Waals surface area contributed by atoms with Gasteiger partial charge in [0.2, 0.25) is 0 Å². The molecule has 5 nitrogen and oxygen atoms in total. The molecule has 1 aliphatic heterocycles. The molecular formula is C19H20F3N5. The van der Waals surface area contributed by atoms with Gasteiger partial charge in [-0.05, 0) is 43.0 Å². The number of alkyl halides is 3. The molecule has 0 saturated carbocycles. The molecule has 0 unspecified atom stereocenters. The van der Waals surface area contributed by atoms with Crippen molar-refractivity contribution in [3.63, 3.8) is 0 Å². The maximum atomic E-state index is 12.9. The van der Waals surface area contributed by atoms with E-state index in [1.54, 1.807) is 24.2 Å².